The SMILES string of the molecule is C/C(=N\NC(=O)c1ccc(C(=O)NCCN2CCOCC2)s1)c1csc(-c2ccc(Cl)cc2)c1O. The van der Waals surface area contributed by atoms with Crippen LogP contribution in [0.3, 0.4) is 0 Å². The summed E-state index contributed by atoms with van der Waals surface area (Å²) in [5, 5.41) is 20.1. The van der Waals surface area contributed by atoms with E-state index in [1.807, 2.05) is 12.1 Å². The van der Waals surface area contributed by atoms with Gasteiger partial charge in [-0.3, -0.25) is 14.5 Å². The van der Waals surface area contributed by atoms with Crippen LogP contribution < -0.4 is 10.7 Å². The van der Waals surface area contributed by atoms with Crippen molar-refractivity contribution in [1.29, 1.82) is 0 Å². The minimum Gasteiger partial charge on any atom is -0.506 e. The van der Waals surface area contributed by atoms with E-state index < -0.39 is 5.91 Å². The Morgan fingerprint density at radius 1 is 1.11 bits per heavy atom. The highest BCUT2D eigenvalue weighted by atomic mass is 35.5. The lowest BCUT2D eigenvalue weighted by molar-refractivity contribution is 0.0383. The van der Waals surface area contributed by atoms with Crippen LogP contribution in [0.15, 0.2) is 46.9 Å². The Bertz CT molecular complexity index is 1220. The first kappa shape index (κ1) is 25.3. The molecule has 0 bridgehead atoms. The Balaban J connectivity index is 1.32. The Kier molecular flexibility index (Phi) is 8.53. The number of hydrogen-bond acceptors (Lipinski definition) is 8. The maximum atomic E-state index is 12.6. The third-order valence-corrected chi connectivity index (χ3v) is 7.81. The van der Waals surface area contributed by atoms with Crippen LogP contribution in [0.4, 0.5) is 0 Å². The fraction of sp³-hybridized carbons (Fsp3) is 0.292. The number of nitrogens with one attached hydrogen (secondary N) is 2. The number of halogens is 1. The molecule has 1 aliphatic heterocycles. The minimum absolute atomic E-state index is 0.0972. The second-order valence-electron chi connectivity index (χ2n) is 7.85. The summed E-state index contributed by atoms with van der Waals surface area (Å²) >= 11 is 8.42. The number of hydrogen-bond donors (Lipinski definition) is 3. The van der Waals surface area contributed by atoms with E-state index in [0.29, 0.717) is 37.5 Å². The average Bonchev–Trinajstić information content (AvgIpc) is 3.51. The van der Waals surface area contributed by atoms with Crippen LogP contribution in [-0.2, 0) is 4.74 Å². The van der Waals surface area contributed by atoms with Gasteiger partial charge in [-0.2, -0.15) is 5.10 Å². The molecule has 3 aromatic rings. The fourth-order valence-electron chi connectivity index (χ4n) is 3.49. The van der Waals surface area contributed by atoms with E-state index in [9.17, 15) is 14.7 Å². The number of ether oxygens (including phenoxy) is 1. The van der Waals surface area contributed by atoms with E-state index in [1.165, 1.54) is 11.3 Å². The molecule has 0 spiro atoms. The summed E-state index contributed by atoms with van der Waals surface area (Å²) in [4.78, 5) is 28.7. The molecule has 0 saturated carbocycles. The molecule has 2 aromatic heterocycles. The van der Waals surface area contributed by atoms with E-state index in [4.69, 9.17) is 16.3 Å². The van der Waals surface area contributed by atoms with Crippen LogP contribution in [0.2, 0.25) is 5.02 Å². The molecule has 35 heavy (non-hydrogen) atoms. The number of amides is 2. The summed E-state index contributed by atoms with van der Waals surface area (Å²) in [6.07, 6.45) is 0. The van der Waals surface area contributed by atoms with Gasteiger partial charge in [0.15, 0.2) is 0 Å². The monoisotopic (exact) mass is 532 g/mol. The molecule has 8 nitrogen and oxygen atoms in total. The van der Waals surface area contributed by atoms with Crippen molar-refractivity contribution in [2.24, 2.45) is 5.10 Å². The van der Waals surface area contributed by atoms with Gasteiger partial charge in [0.05, 0.1) is 39.1 Å². The second-order valence-corrected chi connectivity index (χ2v) is 10.2. The lowest BCUT2D eigenvalue weighted by Crippen LogP contribution is -2.41. The van der Waals surface area contributed by atoms with Crippen LogP contribution in [0.1, 0.15) is 31.8 Å². The zero-order chi connectivity index (χ0) is 24.8. The molecule has 4 rings (SSSR count). The molecule has 1 aromatic carbocycles. The van der Waals surface area contributed by atoms with Crippen LogP contribution in [0, 0.1) is 0 Å². The first-order valence-electron chi connectivity index (χ1n) is 11.0. The number of hydrazone groups is 1. The molecular formula is C24H25ClN4O4S2. The molecule has 0 radical (unpaired) electrons. The predicted molar refractivity (Wildman–Crippen MR) is 140 cm³/mol. The molecule has 3 heterocycles. The molecule has 184 valence electrons. The van der Waals surface area contributed by atoms with Crippen molar-refractivity contribution in [2.75, 3.05) is 39.4 Å². The summed E-state index contributed by atoms with van der Waals surface area (Å²) in [6.45, 7) is 6.16. The molecule has 1 saturated heterocycles. The Morgan fingerprint density at radius 2 is 1.80 bits per heavy atom. The summed E-state index contributed by atoms with van der Waals surface area (Å²) in [5.74, 6) is -0.533. The minimum atomic E-state index is -0.422. The average molecular weight is 533 g/mol. The third-order valence-electron chi connectivity index (χ3n) is 5.46. The van der Waals surface area contributed by atoms with Crippen LogP contribution in [0.5, 0.6) is 5.75 Å². The molecule has 2 amide bonds. The van der Waals surface area contributed by atoms with Gasteiger partial charge in [-0.15, -0.1) is 22.7 Å². The van der Waals surface area contributed by atoms with Gasteiger partial charge in [-0.05, 0) is 36.8 Å². The van der Waals surface area contributed by atoms with Crippen LogP contribution in [0.25, 0.3) is 10.4 Å². The Morgan fingerprint density at radius 3 is 2.51 bits per heavy atom. The van der Waals surface area contributed by atoms with Gasteiger partial charge in [0, 0.05) is 36.6 Å². The van der Waals surface area contributed by atoms with Gasteiger partial charge in [0.25, 0.3) is 11.8 Å². The number of carbonyl (C=O) groups excluding carboxylic acids is 2. The maximum absolute atomic E-state index is 12.6. The molecule has 1 fully saturated rings. The highest BCUT2D eigenvalue weighted by Crippen LogP contribution is 2.39. The van der Waals surface area contributed by atoms with E-state index in [2.05, 4.69) is 20.7 Å². The summed E-state index contributed by atoms with van der Waals surface area (Å²) in [7, 11) is 0. The van der Waals surface area contributed by atoms with E-state index in [0.717, 1.165) is 49.7 Å². The van der Waals surface area contributed by atoms with Crippen molar-refractivity contribution >= 4 is 51.8 Å². The quantitative estimate of drug-likeness (QED) is 0.300. The van der Waals surface area contributed by atoms with Gasteiger partial charge in [-0.1, -0.05) is 23.7 Å². The fourth-order valence-corrected chi connectivity index (χ4v) is 5.44. The zero-order valence-corrected chi connectivity index (χ0v) is 21.4. The molecule has 0 atom stereocenters. The summed E-state index contributed by atoms with van der Waals surface area (Å²) in [5.41, 5.74) is 4.34. The normalized spacial score (nSPS) is 14.6. The van der Waals surface area contributed by atoms with Gasteiger partial charge >= 0.3 is 0 Å². The summed E-state index contributed by atoms with van der Waals surface area (Å²) in [6, 6.07) is 10.4. The van der Waals surface area contributed by atoms with E-state index in [1.54, 1.807) is 36.6 Å². The topological polar surface area (TPSA) is 103 Å². The van der Waals surface area contributed by atoms with Crippen molar-refractivity contribution in [3.63, 3.8) is 0 Å². The molecule has 3 N–H and O–H groups in total. The molecule has 11 heteroatoms. The molecule has 1 aliphatic rings. The summed E-state index contributed by atoms with van der Waals surface area (Å²) < 4.78 is 5.32. The second kappa shape index (κ2) is 11.8. The van der Waals surface area contributed by atoms with Crippen molar-refractivity contribution < 1.29 is 19.4 Å². The Labute approximate surface area is 216 Å². The molecule has 0 unspecified atom stereocenters. The standard InChI is InChI=1S/C24H25ClN4O4S2/c1-15(18-14-34-22(21(18)30)16-2-4-17(25)5-3-16)27-28-24(32)20-7-6-19(35-20)23(31)26-8-9-29-10-12-33-13-11-29/h2-7,14,30H,8-13H2,1H3,(H,26,31)(H,28,32)/b27-15+. The number of morpholine rings is 1. The van der Waals surface area contributed by atoms with Crippen LogP contribution >= 0.6 is 34.3 Å². The first-order valence-corrected chi connectivity index (χ1v) is 13.1. The third kappa shape index (κ3) is 6.47. The Hall–Kier alpha value is -2.76. The zero-order valence-electron chi connectivity index (χ0n) is 19.0. The van der Waals surface area contributed by atoms with E-state index >= 15 is 0 Å². The van der Waals surface area contributed by atoms with Crippen molar-refractivity contribution in [1.82, 2.24) is 15.6 Å². The number of aromatic hydroxyl groups is 1. The van der Waals surface area contributed by atoms with Crippen molar-refractivity contribution in [3.8, 4) is 16.2 Å². The maximum Gasteiger partial charge on any atom is 0.281 e. The predicted octanol–water partition coefficient (Wildman–Crippen LogP) is 4.05. The van der Waals surface area contributed by atoms with Gasteiger partial charge in [0.1, 0.15) is 5.75 Å². The highest BCUT2D eigenvalue weighted by Gasteiger charge is 2.17. The van der Waals surface area contributed by atoms with Gasteiger partial charge in [0.2, 0.25) is 0 Å². The lowest BCUT2D eigenvalue weighted by Gasteiger charge is -2.26. The number of thiophene rings is 2. The number of nitrogens with zero attached hydrogens (tertiary/aromatic N) is 2. The van der Waals surface area contributed by atoms with Crippen LogP contribution in [-0.4, -0.2) is 66.9 Å². The smallest absolute Gasteiger partial charge is 0.281 e. The van der Waals surface area contributed by atoms with Gasteiger partial charge in [-0.25, -0.2) is 5.43 Å². The largest absolute Gasteiger partial charge is 0.506 e. The first-order chi connectivity index (χ1) is 16.9. The van der Waals surface area contributed by atoms with E-state index in [-0.39, 0.29) is 11.7 Å². The highest BCUT2D eigenvalue weighted by molar-refractivity contribution is 7.16. The van der Waals surface area contributed by atoms with Crippen molar-refractivity contribution in [3.05, 3.63) is 62.1 Å². The molecular weight excluding hydrogens is 508 g/mol. The number of carbonyl (C=O) groups is 2. The van der Waals surface area contributed by atoms with Gasteiger partial charge < -0.3 is 15.2 Å². The lowest BCUT2D eigenvalue weighted by atomic mass is 10.1. The van der Waals surface area contributed by atoms with Crippen molar-refractivity contribution in [2.45, 2.75) is 6.92 Å². The molecule has 0 aliphatic carbocycles. The number of benzene rings is 1. The number of rotatable bonds is 8.